The van der Waals surface area contributed by atoms with Crippen LogP contribution in [-0.2, 0) is 4.79 Å². The van der Waals surface area contributed by atoms with Crippen LogP contribution in [-0.4, -0.2) is 48.0 Å². The molecular weight excluding hydrogens is 408 g/mol. The highest BCUT2D eigenvalue weighted by Gasteiger charge is 2.21. The van der Waals surface area contributed by atoms with Gasteiger partial charge in [-0.25, -0.2) is 0 Å². The van der Waals surface area contributed by atoms with E-state index in [0.717, 1.165) is 43.1 Å². The van der Waals surface area contributed by atoms with E-state index in [1.807, 2.05) is 54.3 Å². The molecule has 164 valence electrons. The molecule has 2 N–H and O–H groups in total. The molecule has 3 rings (SSSR count). The first kappa shape index (κ1) is 22.7. The van der Waals surface area contributed by atoms with Crippen LogP contribution in [0.25, 0.3) is 0 Å². The highest BCUT2D eigenvalue weighted by molar-refractivity contribution is 7.80. The Kier molecular flexibility index (Phi) is 7.63. The van der Waals surface area contributed by atoms with Crippen molar-refractivity contribution in [1.82, 2.24) is 10.2 Å². The van der Waals surface area contributed by atoms with Crippen LogP contribution in [0.1, 0.15) is 36.2 Å². The van der Waals surface area contributed by atoms with Crippen LogP contribution < -0.4 is 15.5 Å². The molecule has 0 bridgehead atoms. The van der Waals surface area contributed by atoms with Gasteiger partial charge in [-0.15, -0.1) is 0 Å². The molecule has 1 heterocycles. The normalized spacial score (nSPS) is 13.8. The summed E-state index contributed by atoms with van der Waals surface area (Å²) >= 11 is 5.28. The first-order chi connectivity index (χ1) is 14.8. The van der Waals surface area contributed by atoms with Gasteiger partial charge >= 0.3 is 0 Å². The Labute approximate surface area is 189 Å². The number of anilines is 2. The highest BCUT2D eigenvalue weighted by Crippen LogP contribution is 2.20. The van der Waals surface area contributed by atoms with E-state index in [4.69, 9.17) is 12.2 Å². The largest absolute Gasteiger partial charge is 0.368 e. The van der Waals surface area contributed by atoms with Gasteiger partial charge < -0.3 is 15.1 Å². The van der Waals surface area contributed by atoms with Gasteiger partial charge in [0.2, 0.25) is 5.91 Å². The van der Waals surface area contributed by atoms with E-state index in [-0.39, 0.29) is 16.9 Å². The molecule has 0 aliphatic carbocycles. The van der Waals surface area contributed by atoms with Crippen LogP contribution in [0.15, 0.2) is 48.5 Å². The van der Waals surface area contributed by atoms with Crippen LogP contribution in [0.5, 0.6) is 0 Å². The zero-order valence-corrected chi connectivity index (χ0v) is 19.2. The number of piperazine rings is 1. The monoisotopic (exact) mass is 438 g/mol. The lowest BCUT2D eigenvalue weighted by atomic mass is 10.1. The second-order valence-electron chi connectivity index (χ2n) is 8.29. The molecule has 0 spiro atoms. The molecule has 2 aromatic rings. The first-order valence-corrected chi connectivity index (χ1v) is 11.0. The fourth-order valence-corrected chi connectivity index (χ4v) is 3.78. The maximum Gasteiger partial charge on any atom is 0.257 e. The predicted molar refractivity (Wildman–Crippen MR) is 130 cm³/mol. The molecule has 0 atom stereocenters. The summed E-state index contributed by atoms with van der Waals surface area (Å²) in [6.45, 7) is 9.23. The lowest BCUT2D eigenvalue weighted by Crippen LogP contribution is -2.49. The SMILES string of the molecule is Cc1cccc(C(=O)NC(=S)Nc2ccc(N3CCN(C(=O)CC(C)C)CC3)cc2)c1. The van der Waals surface area contributed by atoms with Gasteiger partial charge in [-0.05, 0) is 61.5 Å². The standard InChI is InChI=1S/C24H30N4O2S/c1-17(2)15-22(29)28-13-11-27(12-14-28)21-9-7-20(8-10-21)25-24(31)26-23(30)19-6-4-5-18(3)16-19/h4-10,16-17H,11-15H2,1-3H3,(H2,25,26,30,31). The number of nitrogens with zero attached hydrogens (tertiary/aromatic N) is 2. The molecular formula is C24H30N4O2S. The van der Waals surface area contributed by atoms with Crippen molar-refractivity contribution in [3.63, 3.8) is 0 Å². The van der Waals surface area contributed by atoms with Gasteiger partial charge in [-0.3, -0.25) is 14.9 Å². The maximum atomic E-state index is 12.3. The number of benzene rings is 2. The van der Waals surface area contributed by atoms with E-state index in [1.165, 1.54) is 0 Å². The quantitative estimate of drug-likeness (QED) is 0.695. The average molecular weight is 439 g/mol. The average Bonchev–Trinajstić information content (AvgIpc) is 2.74. The second kappa shape index (κ2) is 10.4. The molecule has 0 saturated carbocycles. The van der Waals surface area contributed by atoms with Crippen LogP contribution in [0.3, 0.4) is 0 Å². The number of nitrogens with one attached hydrogen (secondary N) is 2. The lowest BCUT2D eigenvalue weighted by Gasteiger charge is -2.36. The van der Waals surface area contributed by atoms with Crippen molar-refractivity contribution < 1.29 is 9.59 Å². The van der Waals surface area contributed by atoms with Crippen molar-refractivity contribution in [3.8, 4) is 0 Å². The molecule has 2 aromatic carbocycles. The smallest absolute Gasteiger partial charge is 0.257 e. The molecule has 0 aromatic heterocycles. The molecule has 2 amide bonds. The van der Waals surface area contributed by atoms with Gasteiger partial charge in [0.1, 0.15) is 0 Å². The minimum absolute atomic E-state index is 0.234. The molecule has 31 heavy (non-hydrogen) atoms. The van der Waals surface area contributed by atoms with Crippen LogP contribution in [0.4, 0.5) is 11.4 Å². The Bertz CT molecular complexity index is 935. The van der Waals surface area contributed by atoms with Crippen LogP contribution >= 0.6 is 12.2 Å². The second-order valence-corrected chi connectivity index (χ2v) is 8.70. The van der Waals surface area contributed by atoms with E-state index in [2.05, 4.69) is 29.4 Å². The number of thiocarbonyl (C=S) groups is 1. The Balaban J connectivity index is 1.49. The molecule has 1 aliphatic rings. The number of hydrogen-bond acceptors (Lipinski definition) is 4. The zero-order chi connectivity index (χ0) is 22.4. The third-order valence-corrected chi connectivity index (χ3v) is 5.42. The summed E-state index contributed by atoms with van der Waals surface area (Å²) in [5.74, 6) is 0.399. The molecule has 1 fully saturated rings. The topological polar surface area (TPSA) is 64.7 Å². The van der Waals surface area contributed by atoms with E-state index in [1.54, 1.807) is 6.07 Å². The van der Waals surface area contributed by atoms with Crippen LogP contribution in [0.2, 0.25) is 0 Å². The minimum Gasteiger partial charge on any atom is -0.368 e. The molecule has 1 saturated heterocycles. The predicted octanol–water partition coefficient (Wildman–Crippen LogP) is 3.82. The first-order valence-electron chi connectivity index (χ1n) is 10.6. The fraction of sp³-hybridized carbons (Fsp3) is 0.375. The number of carbonyl (C=O) groups excluding carboxylic acids is 2. The number of rotatable bonds is 5. The Hall–Kier alpha value is -2.93. The van der Waals surface area contributed by atoms with Crippen molar-refractivity contribution in [2.45, 2.75) is 27.2 Å². The molecule has 1 aliphatic heterocycles. The van der Waals surface area contributed by atoms with E-state index >= 15 is 0 Å². The van der Waals surface area contributed by atoms with Gasteiger partial charge in [0.15, 0.2) is 5.11 Å². The fourth-order valence-electron chi connectivity index (χ4n) is 3.57. The summed E-state index contributed by atoms with van der Waals surface area (Å²) in [4.78, 5) is 28.8. The van der Waals surface area contributed by atoms with Crippen molar-refractivity contribution in [2.24, 2.45) is 5.92 Å². The van der Waals surface area contributed by atoms with Crippen molar-refractivity contribution in [1.29, 1.82) is 0 Å². The van der Waals surface area contributed by atoms with E-state index < -0.39 is 0 Å². The van der Waals surface area contributed by atoms with Crippen molar-refractivity contribution >= 4 is 40.5 Å². The van der Waals surface area contributed by atoms with E-state index in [9.17, 15) is 9.59 Å². The van der Waals surface area contributed by atoms with Crippen LogP contribution in [0, 0.1) is 12.8 Å². The number of aryl methyl sites for hydroxylation is 1. The maximum absolute atomic E-state index is 12.3. The third kappa shape index (κ3) is 6.52. The van der Waals surface area contributed by atoms with Gasteiger partial charge in [0.25, 0.3) is 5.91 Å². The van der Waals surface area contributed by atoms with Gasteiger partial charge in [-0.2, -0.15) is 0 Å². The number of carbonyl (C=O) groups is 2. The van der Waals surface area contributed by atoms with Gasteiger partial charge in [0, 0.05) is 49.5 Å². The number of amides is 2. The van der Waals surface area contributed by atoms with Gasteiger partial charge in [0.05, 0.1) is 0 Å². The minimum atomic E-state index is -0.234. The summed E-state index contributed by atoms with van der Waals surface area (Å²) in [5.41, 5.74) is 3.51. The van der Waals surface area contributed by atoms with E-state index in [0.29, 0.717) is 17.9 Å². The van der Waals surface area contributed by atoms with Crippen molar-refractivity contribution in [3.05, 3.63) is 59.7 Å². The molecule has 7 heteroatoms. The van der Waals surface area contributed by atoms with Crippen molar-refractivity contribution in [2.75, 3.05) is 36.4 Å². The zero-order valence-electron chi connectivity index (χ0n) is 18.4. The molecule has 0 radical (unpaired) electrons. The summed E-state index contributed by atoms with van der Waals surface area (Å²) < 4.78 is 0. The Morgan fingerprint density at radius 3 is 2.32 bits per heavy atom. The Morgan fingerprint density at radius 1 is 1.03 bits per heavy atom. The summed E-state index contributed by atoms with van der Waals surface area (Å²) in [7, 11) is 0. The summed E-state index contributed by atoms with van der Waals surface area (Å²) in [6.07, 6.45) is 0.612. The summed E-state index contributed by atoms with van der Waals surface area (Å²) in [6, 6.07) is 15.3. The molecule has 6 nitrogen and oxygen atoms in total. The van der Waals surface area contributed by atoms with Gasteiger partial charge in [-0.1, -0.05) is 31.5 Å². The lowest BCUT2D eigenvalue weighted by molar-refractivity contribution is -0.132. The Morgan fingerprint density at radius 2 is 1.71 bits per heavy atom. The molecule has 0 unspecified atom stereocenters. The summed E-state index contributed by atoms with van der Waals surface area (Å²) in [5, 5.41) is 6.03. The third-order valence-electron chi connectivity index (χ3n) is 5.21. The highest BCUT2D eigenvalue weighted by atomic mass is 32.1. The number of hydrogen-bond donors (Lipinski definition) is 2.